The van der Waals surface area contributed by atoms with E-state index in [1.807, 2.05) is 0 Å². The first-order chi connectivity index (χ1) is 6.67. The highest BCUT2D eigenvalue weighted by Crippen LogP contribution is 2.28. The fourth-order valence-electron chi connectivity index (χ4n) is 2.48. The molecule has 0 amide bonds. The van der Waals surface area contributed by atoms with E-state index in [1.54, 1.807) is 0 Å². The van der Waals surface area contributed by atoms with Crippen molar-refractivity contribution in [3.8, 4) is 0 Å². The summed E-state index contributed by atoms with van der Waals surface area (Å²) in [5, 5.41) is 0. The van der Waals surface area contributed by atoms with E-state index < -0.39 is 0 Å². The Hall–Kier alpha value is 0.0649. The number of hydrogen-bond donors (Lipinski definition) is 0. The van der Waals surface area contributed by atoms with Crippen LogP contribution in [-0.4, -0.2) is 7.85 Å². The minimum Gasteiger partial charge on any atom is -0.0692 e. The molecule has 0 aliphatic rings. The third kappa shape index (κ3) is 5.72. The zero-order valence-electron chi connectivity index (χ0n) is 11.0. The maximum Gasteiger partial charge on any atom is 0.105 e. The van der Waals surface area contributed by atoms with E-state index >= 15 is 0 Å². The molecule has 0 N–H and O–H groups in total. The summed E-state index contributed by atoms with van der Waals surface area (Å²) in [5.41, 5.74) is 0. The van der Waals surface area contributed by atoms with E-state index in [1.165, 1.54) is 38.5 Å². The summed E-state index contributed by atoms with van der Waals surface area (Å²) in [7, 11) is 2.44. The first-order valence-corrected chi connectivity index (χ1v) is 6.67. The van der Waals surface area contributed by atoms with Crippen LogP contribution in [0.15, 0.2) is 0 Å². The predicted octanol–water partition coefficient (Wildman–Crippen LogP) is 4.06. The molecule has 0 saturated heterocycles. The second kappa shape index (κ2) is 8.38. The molecule has 0 bridgehead atoms. The van der Waals surface area contributed by atoms with Crippen molar-refractivity contribution in [1.29, 1.82) is 0 Å². The van der Waals surface area contributed by atoms with Crippen molar-refractivity contribution in [2.45, 2.75) is 72.0 Å². The molecule has 14 heavy (non-hydrogen) atoms. The van der Waals surface area contributed by atoms with Gasteiger partial charge in [0.05, 0.1) is 0 Å². The summed E-state index contributed by atoms with van der Waals surface area (Å²) in [4.78, 5) is 0. The topological polar surface area (TPSA) is 0 Å². The molecule has 1 heteroatoms. The van der Waals surface area contributed by atoms with Gasteiger partial charge in [-0.25, -0.2) is 0 Å². The van der Waals surface area contributed by atoms with E-state index in [-0.39, 0.29) is 0 Å². The molecule has 0 aliphatic heterocycles. The van der Waals surface area contributed by atoms with Crippen LogP contribution in [-0.2, 0) is 0 Å². The van der Waals surface area contributed by atoms with Crippen LogP contribution >= 0.6 is 0 Å². The minimum atomic E-state index is 0.935. The first kappa shape index (κ1) is 14.1. The number of hydrogen-bond acceptors (Lipinski definition) is 0. The Morgan fingerprint density at radius 2 is 1.00 bits per heavy atom. The van der Waals surface area contributed by atoms with E-state index in [0.29, 0.717) is 0 Å². The lowest BCUT2D eigenvalue weighted by Crippen LogP contribution is -2.08. The van der Waals surface area contributed by atoms with E-state index in [2.05, 4.69) is 35.5 Å². The minimum absolute atomic E-state index is 0.935. The second-order valence-electron chi connectivity index (χ2n) is 4.94. The maximum atomic E-state index is 2.44. The van der Waals surface area contributed by atoms with Crippen LogP contribution in [0, 0.1) is 11.8 Å². The normalized spacial score (nSPS) is 11.9. The van der Waals surface area contributed by atoms with Gasteiger partial charge in [-0.3, -0.25) is 0 Å². The van der Waals surface area contributed by atoms with Gasteiger partial charge in [-0.15, -0.1) is 0 Å². The molecule has 0 fully saturated rings. The van der Waals surface area contributed by atoms with Crippen LogP contribution in [0.5, 0.6) is 0 Å². The average Bonchev–Trinajstić information content (AvgIpc) is 2.22. The second-order valence-corrected chi connectivity index (χ2v) is 4.94. The summed E-state index contributed by atoms with van der Waals surface area (Å²) in [6.45, 7) is 9.33. The van der Waals surface area contributed by atoms with Crippen LogP contribution < -0.4 is 0 Å². The highest BCUT2D eigenvalue weighted by molar-refractivity contribution is 6.11. The zero-order chi connectivity index (χ0) is 11.0. The van der Waals surface area contributed by atoms with Crippen molar-refractivity contribution < 1.29 is 0 Å². The third-order valence-corrected chi connectivity index (χ3v) is 3.78. The predicted molar refractivity (Wildman–Crippen MR) is 69.7 cm³/mol. The molecule has 0 nitrogen and oxygen atoms in total. The number of rotatable bonds is 8. The molecule has 0 aliphatic carbocycles. The Bertz CT molecular complexity index is 100. The van der Waals surface area contributed by atoms with Gasteiger partial charge in [0, 0.05) is 0 Å². The Morgan fingerprint density at radius 3 is 1.21 bits per heavy atom. The van der Waals surface area contributed by atoms with Gasteiger partial charge >= 0.3 is 0 Å². The third-order valence-electron chi connectivity index (χ3n) is 3.78. The standard InChI is InChI=1S/C13H29B/c1-5-11(6-2)9-13(14)10-12(7-3)8-4/h11-13H,5-10,14H2,1-4H3. The van der Waals surface area contributed by atoms with Gasteiger partial charge in [0.2, 0.25) is 0 Å². The van der Waals surface area contributed by atoms with Crippen molar-refractivity contribution in [3.05, 3.63) is 0 Å². The molecule has 84 valence electrons. The van der Waals surface area contributed by atoms with Crippen molar-refractivity contribution in [2.75, 3.05) is 0 Å². The van der Waals surface area contributed by atoms with Gasteiger partial charge in [-0.05, 0) is 11.8 Å². The lowest BCUT2D eigenvalue weighted by atomic mass is 9.72. The molecule has 0 radical (unpaired) electrons. The fourth-order valence-corrected chi connectivity index (χ4v) is 2.48. The Morgan fingerprint density at radius 1 is 0.714 bits per heavy atom. The molecule has 0 spiro atoms. The van der Waals surface area contributed by atoms with Crippen molar-refractivity contribution in [2.24, 2.45) is 11.8 Å². The highest BCUT2D eigenvalue weighted by Gasteiger charge is 2.13. The SMILES string of the molecule is BC(CC(CC)CC)CC(CC)CC. The van der Waals surface area contributed by atoms with Gasteiger partial charge in [0.15, 0.2) is 0 Å². The summed E-state index contributed by atoms with van der Waals surface area (Å²) in [6, 6.07) is 0. The summed E-state index contributed by atoms with van der Waals surface area (Å²) >= 11 is 0. The van der Waals surface area contributed by atoms with Crippen LogP contribution in [0.3, 0.4) is 0 Å². The molecule has 0 aromatic rings. The molecule has 0 atom stereocenters. The van der Waals surface area contributed by atoms with E-state index in [0.717, 1.165) is 17.7 Å². The monoisotopic (exact) mass is 196 g/mol. The molecule has 0 saturated carbocycles. The maximum absolute atomic E-state index is 2.44. The van der Waals surface area contributed by atoms with Crippen LogP contribution in [0.25, 0.3) is 0 Å². The van der Waals surface area contributed by atoms with Gasteiger partial charge in [-0.1, -0.05) is 72.0 Å². The Balaban J connectivity index is 3.77. The summed E-state index contributed by atoms with van der Waals surface area (Å²) in [6.07, 6.45) is 8.36. The molecule has 0 aromatic carbocycles. The van der Waals surface area contributed by atoms with Crippen LogP contribution in [0.2, 0.25) is 5.82 Å². The summed E-state index contributed by atoms with van der Waals surface area (Å²) < 4.78 is 0. The molecular weight excluding hydrogens is 167 g/mol. The van der Waals surface area contributed by atoms with Gasteiger partial charge in [-0.2, -0.15) is 0 Å². The molecule has 0 unspecified atom stereocenters. The van der Waals surface area contributed by atoms with Crippen LogP contribution in [0.1, 0.15) is 66.2 Å². The fraction of sp³-hybridized carbons (Fsp3) is 1.00. The first-order valence-electron chi connectivity index (χ1n) is 6.67. The summed E-state index contributed by atoms with van der Waals surface area (Å²) in [5.74, 6) is 2.88. The van der Waals surface area contributed by atoms with Crippen LogP contribution in [0.4, 0.5) is 0 Å². The highest BCUT2D eigenvalue weighted by atomic mass is 14.2. The van der Waals surface area contributed by atoms with Crippen molar-refractivity contribution in [1.82, 2.24) is 0 Å². The van der Waals surface area contributed by atoms with Gasteiger partial charge in [0.1, 0.15) is 7.85 Å². The molecular formula is C13H29B. The molecule has 0 heterocycles. The molecule has 0 rings (SSSR count). The Kier molecular flexibility index (Phi) is 8.42. The smallest absolute Gasteiger partial charge is 0.0692 e. The van der Waals surface area contributed by atoms with E-state index in [9.17, 15) is 0 Å². The van der Waals surface area contributed by atoms with Crippen molar-refractivity contribution in [3.63, 3.8) is 0 Å². The lowest BCUT2D eigenvalue weighted by Gasteiger charge is -2.22. The van der Waals surface area contributed by atoms with Gasteiger partial charge < -0.3 is 0 Å². The zero-order valence-corrected chi connectivity index (χ0v) is 11.0. The lowest BCUT2D eigenvalue weighted by molar-refractivity contribution is 0.380. The Labute approximate surface area is 92.3 Å². The largest absolute Gasteiger partial charge is 0.105 e. The molecule has 0 aromatic heterocycles. The van der Waals surface area contributed by atoms with Crippen molar-refractivity contribution >= 4 is 7.85 Å². The quantitative estimate of drug-likeness (QED) is 0.513. The average molecular weight is 196 g/mol. The van der Waals surface area contributed by atoms with Gasteiger partial charge in [0.25, 0.3) is 0 Å². The van der Waals surface area contributed by atoms with E-state index in [4.69, 9.17) is 0 Å².